The zero-order valence-corrected chi connectivity index (χ0v) is 13.1. The van der Waals surface area contributed by atoms with E-state index in [0.717, 1.165) is 25.6 Å². The summed E-state index contributed by atoms with van der Waals surface area (Å²) < 4.78 is 24.6. The summed E-state index contributed by atoms with van der Waals surface area (Å²) in [5, 5.41) is 0. The summed E-state index contributed by atoms with van der Waals surface area (Å²) in [7, 11) is -3.16. The van der Waals surface area contributed by atoms with Crippen LogP contribution in [0.4, 0.5) is 0 Å². The van der Waals surface area contributed by atoms with Crippen LogP contribution in [0.25, 0.3) is 0 Å². The van der Waals surface area contributed by atoms with Crippen molar-refractivity contribution in [3.63, 3.8) is 0 Å². The van der Waals surface area contributed by atoms with Crippen molar-refractivity contribution in [2.24, 2.45) is 11.7 Å². The van der Waals surface area contributed by atoms with Gasteiger partial charge in [-0.3, -0.25) is 4.79 Å². The van der Waals surface area contributed by atoms with Crippen molar-refractivity contribution in [2.45, 2.75) is 32.2 Å². The van der Waals surface area contributed by atoms with Crippen LogP contribution >= 0.6 is 12.4 Å². The third-order valence-electron chi connectivity index (χ3n) is 3.22. The quantitative estimate of drug-likeness (QED) is 0.743. The Balaban J connectivity index is 0.00000324. The van der Waals surface area contributed by atoms with Gasteiger partial charge in [0.05, 0.1) is 12.3 Å². The molecule has 1 aliphatic heterocycles. The van der Waals surface area contributed by atoms with Gasteiger partial charge in [0.15, 0.2) is 0 Å². The number of hydrogen-bond donors (Lipinski definition) is 2. The van der Waals surface area contributed by atoms with Crippen molar-refractivity contribution < 1.29 is 13.2 Å². The number of rotatable bonds is 5. The summed E-state index contributed by atoms with van der Waals surface area (Å²) in [6, 6.07) is -0.438. The number of sulfonamides is 1. The third kappa shape index (κ3) is 6.56. The van der Waals surface area contributed by atoms with Crippen molar-refractivity contribution in [1.82, 2.24) is 9.62 Å². The summed E-state index contributed by atoms with van der Waals surface area (Å²) >= 11 is 0. The molecule has 0 aromatic carbocycles. The number of halogens is 1. The molecule has 1 amide bonds. The lowest BCUT2D eigenvalue weighted by Crippen LogP contribution is -2.49. The van der Waals surface area contributed by atoms with E-state index in [2.05, 4.69) is 4.72 Å². The van der Waals surface area contributed by atoms with E-state index < -0.39 is 16.1 Å². The minimum atomic E-state index is -3.16. The fourth-order valence-electron chi connectivity index (χ4n) is 2.11. The van der Waals surface area contributed by atoms with Gasteiger partial charge in [0.2, 0.25) is 15.9 Å². The molecule has 6 nitrogen and oxygen atoms in total. The lowest BCUT2D eigenvalue weighted by atomic mass is 9.97. The molecule has 1 saturated heterocycles. The molecular weight excluding hydrogens is 290 g/mol. The first-order valence-corrected chi connectivity index (χ1v) is 8.21. The van der Waals surface area contributed by atoms with Gasteiger partial charge in [-0.25, -0.2) is 13.1 Å². The highest BCUT2D eigenvalue weighted by atomic mass is 35.5. The van der Waals surface area contributed by atoms with E-state index >= 15 is 0 Å². The van der Waals surface area contributed by atoms with Gasteiger partial charge in [0.25, 0.3) is 0 Å². The normalized spacial score (nSPS) is 21.6. The standard InChI is InChI=1S/C11H23N3O3S.ClH/c1-3-10(12)11(15)14-6-4-5-9(8-14)7-13-18(2,16)17;/h9-10,13H,3-8,12H2,1-2H3;1H/t9?,10-;/m0./s1. The average Bonchev–Trinajstić information content (AvgIpc) is 2.34. The van der Waals surface area contributed by atoms with E-state index in [9.17, 15) is 13.2 Å². The van der Waals surface area contributed by atoms with E-state index in [1.54, 1.807) is 4.90 Å². The Bertz CT molecular complexity index is 389. The second-order valence-electron chi connectivity index (χ2n) is 4.93. The molecule has 0 saturated carbocycles. The van der Waals surface area contributed by atoms with Crippen LogP contribution in [0.2, 0.25) is 0 Å². The van der Waals surface area contributed by atoms with Gasteiger partial charge in [0, 0.05) is 19.6 Å². The van der Waals surface area contributed by atoms with Crippen LogP contribution in [0.15, 0.2) is 0 Å². The average molecular weight is 314 g/mol. The number of nitrogens with one attached hydrogen (secondary N) is 1. The number of nitrogens with zero attached hydrogens (tertiary/aromatic N) is 1. The zero-order chi connectivity index (χ0) is 13.8. The highest BCUT2D eigenvalue weighted by molar-refractivity contribution is 7.88. The van der Waals surface area contributed by atoms with Crippen LogP contribution in [0, 0.1) is 5.92 Å². The van der Waals surface area contributed by atoms with Crippen molar-refractivity contribution in [2.75, 3.05) is 25.9 Å². The van der Waals surface area contributed by atoms with Gasteiger partial charge in [-0.05, 0) is 25.2 Å². The van der Waals surface area contributed by atoms with Crippen molar-refractivity contribution >= 4 is 28.3 Å². The van der Waals surface area contributed by atoms with Crippen molar-refractivity contribution in [1.29, 1.82) is 0 Å². The Morgan fingerprint density at radius 1 is 1.53 bits per heavy atom. The van der Waals surface area contributed by atoms with E-state index in [0.29, 0.717) is 19.5 Å². The van der Waals surface area contributed by atoms with E-state index in [4.69, 9.17) is 5.73 Å². The smallest absolute Gasteiger partial charge is 0.239 e. The maximum atomic E-state index is 11.9. The number of hydrogen-bond acceptors (Lipinski definition) is 4. The predicted molar refractivity (Wildman–Crippen MR) is 77.7 cm³/mol. The first-order valence-electron chi connectivity index (χ1n) is 6.32. The van der Waals surface area contributed by atoms with Gasteiger partial charge in [-0.1, -0.05) is 6.92 Å². The first kappa shape index (κ1) is 18.6. The molecule has 0 aromatic rings. The molecule has 19 heavy (non-hydrogen) atoms. The summed E-state index contributed by atoms with van der Waals surface area (Å²) in [6.45, 7) is 3.59. The van der Waals surface area contributed by atoms with Crippen LogP contribution in [-0.4, -0.2) is 51.2 Å². The molecule has 114 valence electrons. The van der Waals surface area contributed by atoms with Gasteiger partial charge in [-0.15, -0.1) is 12.4 Å². The summed E-state index contributed by atoms with van der Waals surface area (Å²) in [5.74, 6) is 0.156. The second-order valence-corrected chi connectivity index (χ2v) is 6.76. The molecule has 8 heteroatoms. The number of amides is 1. The Labute approximate surface area is 121 Å². The molecule has 1 fully saturated rings. The molecule has 1 heterocycles. The highest BCUT2D eigenvalue weighted by Gasteiger charge is 2.26. The Morgan fingerprint density at radius 2 is 2.16 bits per heavy atom. The number of likely N-dealkylation sites (tertiary alicyclic amines) is 1. The van der Waals surface area contributed by atoms with E-state index in [1.807, 2.05) is 6.92 Å². The molecule has 1 rings (SSSR count). The maximum Gasteiger partial charge on any atom is 0.239 e. The van der Waals surface area contributed by atoms with Crippen molar-refractivity contribution in [3.8, 4) is 0 Å². The molecule has 0 bridgehead atoms. The summed E-state index contributed by atoms with van der Waals surface area (Å²) in [5.41, 5.74) is 5.73. The van der Waals surface area contributed by atoms with E-state index in [-0.39, 0.29) is 24.2 Å². The van der Waals surface area contributed by atoms with Crippen LogP contribution < -0.4 is 10.5 Å². The molecule has 0 spiro atoms. The zero-order valence-electron chi connectivity index (χ0n) is 11.5. The fourth-order valence-corrected chi connectivity index (χ4v) is 2.65. The van der Waals surface area contributed by atoms with Gasteiger partial charge >= 0.3 is 0 Å². The highest BCUT2D eigenvalue weighted by Crippen LogP contribution is 2.16. The largest absolute Gasteiger partial charge is 0.341 e. The molecule has 3 N–H and O–H groups in total. The summed E-state index contributed by atoms with van der Waals surface area (Å²) in [4.78, 5) is 13.7. The molecule has 1 unspecified atom stereocenters. The Kier molecular flexibility index (Phi) is 7.88. The van der Waals surface area contributed by atoms with Crippen LogP contribution in [0.1, 0.15) is 26.2 Å². The SMILES string of the molecule is CC[C@H](N)C(=O)N1CCCC(CNS(C)(=O)=O)C1.Cl. The lowest BCUT2D eigenvalue weighted by molar-refractivity contribution is -0.134. The first-order chi connectivity index (χ1) is 8.33. The van der Waals surface area contributed by atoms with Gasteiger partial charge in [-0.2, -0.15) is 0 Å². The number of carbonyl (C=O) groups is 1. The molecule has 0 aromatic heterocycles. The fraction of sp³-hybridized carbons (Fsp3) is 0.909. The van der Waals surface area contributed by atoms with E-state index in [1.165, 1.54) is 0 Å². The van der Waals surface area contributed by atoms with Gasteiger partial charge in [0.1, 0.15) is 0 Å². The van der Waals surface area contributed by atoms with Crippen LogP contribution in [-0.2, 0) is 14.8 Å². The molecular formula is C11H24ClN3O3S. The number of carbonyl (C=O) groups excluding carboxylic acids is 1. The molecule has 0 aliphatic carbocycles. The Morgan fingerprint density at radius 3 is 2.68 bits per heavy atom. The van der Waals surface area contributed by atoms with Crippen LogP contribution in [0.5, 0.6) is 0 Å². The number of nitrogens with two attached hydrogens (primary N) is 1. The molecule has 1 aliphatic rings. The predicted octanol–water partition coefficient (Wildman–Crippen LogP) is -0.0667. The monoisotopic (exact) mass is 313 g/mol. The molecule has 2 atom stereocenters. The summed E-state index contributed by atoms with van der Waals surface area (Å²) in [6.07, 6.45) is 3.61. The van der Waals surface area contributed by atoms with Crippen molar-refractivity contribution in [3.05, 3.63) is 0 Å². The minimum absolute atomic E-state index is 0. The third-order valence-corrected chi connectivity index (χ3v) is 3.91. The number of piperidine rings is 1. The van der Waals surface area contributed by atoms with Crippen LogP contribution in [0.3, 0.4) is 0 Å². The molecule has 0 radical (unpaired) electrons. The maximum absolute atomic E-state index is 11.9. The minimum Gasteiger partial charge on any atom is -0.341 e. The Hall–Kier alpha value is -0.370. The van der Waals surface area contributed by atoms with Gasteiger partial charge < -0.3 is 10.6 Å². The lowest BCUT2D eigenvalue weighted by Gasteiger charge is -2.34. The second kappa shape index (κ2) is 8.04. The topological polar surface area (TPSA) is 92.5 Å².